The smallest absolute Gasteiger partial charge is 0.311 e. The Hall–Kier alpha value is -2.19. The SMILES string of the molecule is COc1cc(NC(=O)CNC[C@H]2CCCO2)c(C)cc1[N+](=O)[O-]. The Morgan fingerprint density at radius 3 is 2.91 bits per heavy atom. The normalized spacial score (nSPS) is 17.0. The molecule has 1 aromatic carbocycles. The van der Waals surface area contributed by atoms with Gasteiger partial charge in [0.2, 0.25) is 5.91 Å². The Labute approximate surface area is 134 Å². The van der Waals surface area contributed by atoms with Crippen molar-refractivity contribution in [2.75, 3.05) is 32.1 Å². The Morgan fingerprint density at radius 1 is 1.52 bits per heavy atom. The highest BCUT2D eigenvalue weighted by atomic mass is 16.6. The van der Waals surface area contributed by atoms with E-state index in [1.807, 2.05) is 0 Å². The van der Waals surface area contributed by atoms with E-state index in [0.717, 1.165) is 19.4 Å². The van der Waals surface area contributed by atoms with Crippen LogP contribution < -0.4 is 15.4 Å². The lowest BCUT2D eigenvalue weighted by Crippen LogP contribution is -2.33. The van der Waals surface area contributed by atoms with Crippen molar-refractivity contribution in [3.8, 4) is 5.75 Å². The quantitative estimate of drug-likeness (QED) is 0.584. The van der Waals surface area contributed by atoms with E-state index in [2.05, 4.69) is 10.6 Å². The molecule has 126 valence electrons. The van der Waals surface area contributed by atoms with Crippen LogP contribution in [0, 0.1) is 17.0 Å². The number of nitro benzene ring substituents is 1. The highest BCUT2D eigenvalue weighted by Crippen LogP contribution is 2.32. The third-order valence-electron chi connectivity index (χ3n) is 3.68. The molecule has 1 amide bonds. The summed E-state index contributed by atoms with van der Waals surface area (Å²) < 4.78 is 10.5. The van der Waals surface area contributed by atoms with Crippen molar-refractivity contribution in [2.45, 2.75) is 25.9 Å². The Kier molecular flexibility index (Phi) is 5.89. The first-order valence-corrected chi connectivity index (χ1v) is 7.46. The zero-order valence-corrected chi connectivity index (χ0v) is 13.3. The molecule has 23 heavy (non-hydrogen) atoms. The highest BCUT2D eigenvalue weighted by Gasteiger charge is 2.19. The van der Waals surface area contributed by atoms with E-state index in [-0.39, 0.29) is 30.0 Å². The molecule has 8 heteroatoms. The Bertz CT molecular complexity index is 585. The van der Waals surface area contributed by atoms with Crippen LogP contribution in [-0.2, 0) is 9.53 Å². The number of methoxy groups -OCH3 is 1. The molecule has 2 rings (SSSR count). The van der Waals surface area contributed by atoms with Gasteiger partial charge in [0, 0.05) is 31.0 Å². The number of hydrogen-bond acceptors (Lipinski definition) is 6. The van der Waals surface area contributed by atoms with Crippen molar-refractivity contribution < 1.29 is 19.2 Å². The monoisotopic (exact) mass is 323 g/mol. The van der Waals surface area contributed by atoms with Crippen LogP contribution in [0.15, 0.2) is 12.1 Å². The van der Waals surface area contributed by atoms with Crippen molar-refractivity contribution in [3.63, 3.8) is 0 Å². The Morgan fingerprint density at radius 2 is 2.30 bits per heavy atom. The van der Waals surface area contributed by atoms with E-state index in [9.17, 15) is 14.9 Å². The van der Waals surface area contributed by atoms with Gasteiger partial charge in [0.25, 0.3) is 0 Å². The number of carbonyl (C=O) groups is 1. The Balaban J connectivity index is 1.93. The summed E-state index contributed by atoms with van der Waals surface area (Å²) in [6, 6.07) is 2.85. The van der Waals surface area contributed by atoms with Crippen LogP contribution in [0.3, 0.4) is 0 Å². The molecule has 0 saturated carbocycles. The molecule has 1 atom stereocenters. The fourth-order valence-corrected chi connectivity index (χ4v) is 2.46. The van der Waals surface area contributed by atoms with E-state index in [0.29, 0.717) is 17.8 Å². The predicted octanol–water partition coefficient (Wildman–Crippen LogP) is 1.62. The van der Waals surface area contributed by atoms with E-state index < -0.39 is 4.92 Å². The minimum Gasteiger partial charge on any atom is -0.490 e. The lowest BCUT2D eigenvalue weighted by Gasteiger charge is -2.13. The van der Waals surface area contributed by atoms with Crippen molar-refractivity contribution in [1.29, 1.82) is 0 Å². The second-order valence-corrected chi connectivity index (χ2v) is 5.41. The van der Waals surface area contributed by atoms with Crippen LogP contribution in [0.1, 0.15) is 18.4 Å². The largest absolute Gasteiger partial charge is 0.490 e. The first-order chi connectivity index (χ1) is 11.0. The van der Waals surface area contributed by atoms with Crippen molar-refractivity contribution >= 4 is 17.3 Å². The molecule has 1 aromatic rings. The van der Waals surface area contributed by atoms with Gasteiger partial charge in [-0.25, -0.2) is 0 Å². The summed E-state index contributed by atoms with van der Waals surface area (Å²) in [6.07, 6.45) is 2.23. The minimum absolute atomic E-state index is 0.114. The molecule has 0 unspecified atom stereocenters. The number of rotatable bonds is 7. The van der Waals surface area contributed by atoms with Crippen molar-refractivity contribution in [2.24, 2.45) is 0 Å². The fourth-order valence-electron chi connectivity index (χ4n) is 2.46. The number of anilines is 1. The van der Waals surface area contributed by atoms with E-state index in [1.165, 1.54) is 19.2 Å². The van der Waals surface area contributed by atoms with Gasteiger partial charge in [0.1, 0.15) is 0 Å². The summed E-state index contributed by atoms with van der Waals surface area (Å²) in [5.41, 5.74) is 0.973. The van der Waals surface area contributed by atoms with Gasteiger partial charge in [-0.1, -0.05) is 0 Å². The van der Waals surface area contributed by atoms with E-state index >= 15 is 0 Å². The first-order valence-electron chi connectivity index (χ1n) is 7.46. The lowest BCUT2D eigenvalue weighted by molar-refractivity contribution is -0.385. The van der Waals surface area contributed by atoms with Gasteiger partial charge in [-0.05, 0) is 25.3 Å². The first kappa shape index (κ1) is 17.2. The topological polar surface area (TPSA) is 103 Å². The maximum absolute atomic E-state index is 12.0. The van der Waals surface area contributed by atoms with E-state index in [1.54, 1.807) is 6.92 Å². The third kappa shape index (κ3) is 4.64. The molecule has 0 aliphatic carbocycles. The molecule has 2 N–H and O–H groups in total. The summed E-state index contributed by atoms with van der Waals surface area (Å²) in [4.78, 5) is 22.4. The van der Waals surface area contributed by atoms with Gasteiger partial charge in [0.15, 0.2) is 5.75 Å². The maximum Gasteiger partial charge on any atom is 0.311 e. The lowest BCUT2D eigenvalue weighted by atomic mass is 10.1. The molecule has 0 spiro atoms. The molecule has 0 aromatic heterocycles. The maximum atomic E-state index is 12.0. The predicted molar refractivity (Wildman–Crippen MR) is 84.9 cm³/mol. The summed E-state index contributed by atoms with van der Waals surface area (Å²) in [7, 11) is 1.35. The summed E-state index contributed by atoms with van der Waals surface area (Å²) in [5, 5.41) is 16.7. The van der Waals surface area contributed by atoms with Gasteiger partial charge < -0.3 is 20.1 Å². The number of hydrogen-bond donors (Lipinski definition) is 2. The average molecular weight is 323 g/mol. The zero-order valence-electron chi connectivity index (χ0n) is 13.3. The molecule has 8 nitrogen and oxygen atoms in total. The molecule has 1 aliphatic rings. The van der Waals surface area contributed by atoms with Gasteiger partial charge in [-0.2, -0.15) is 0 Å². The summed E-state index contributed by atoms with van der Waals surface area (Å²) in [5.74, 6) is -0.106. The minimum atomic E-state index is -0.513. The van der Waals surface area contributed by atoms with Gasteiger partial charge in [0.05, 0.1) is 24.7 Å². The number of benzene rings is 1. The number of carbonyl (C=O) groups excluding carboxylic acids is 1. The molecule has 1 saturated heterocycles. The van der Waals surface area contributed by atoms with Gasteiger partial charge in [-0.3, -0.25) is 14.9 Å². The molecule has 1 fully saturated rings. The highest BCUT2D eigenvalue weighted by molar-refractivity contribution is 5.93. The molecule has 0 bridgehead atoms. The molecule has 0 radical (unpaired) electrons. The fraction of sp³-hybridized carbons (Fsp3) is 0.533. The van der Waals surface area contributed by atoms with Crippen LogP contribution in [0.4, 0.5) is 11.4 Å². The van der Waals surface area contributed by atoms with Crippen molar-refractivity contribution in [3.05, 3.63) is 27.8 Å². The number of nitrogens with zero attached hydrogens (tertiary/aromatic N) is 1. The van der Waals surface area contributed by atoms with Crippen LogP contribution in [0.5, 0.6) is 5.75 Å². The van der Waals surface area contributed by atoms with E-state index in [4.69, 9.17) is 9.47 Å². The van der Waals surface area contributed by atoms with Crippen LogP contribution >= 0.6 is 0 Å². The third-order valence-corrected chi connectivity index (χ3v) is 3.68. The van der Waals surface area contributed by atoms with Gasteiger partial charge in [-0.15, -0.1) is 0 Å². The number of amides is 1. The second kappa shape index (κ2) is 7.89. The van der Waals surface area contributed by atoms with Crippen LogP contribution in [-0.4, -0.2) is 43.7 Å². The number of nitrogens with one attached hydrogen (secondary N) is 2. The molecule has 1 heterocycles. The molecular weight excluding hydrogens is 302 g/mol. The number of ether oxygens (including phenoxy) is 2. The van der Waals surface area contributed by atoms with Crippen LogP contribution in [0.2, 0.25) is 0 Å². The second-order valence-electron chi connectivity index (χ2n) is 5.41. The number of nitro groups is 1. The zero-order chi connectivity index (χ0) is 16.8. The summed E-state index contributed by atoms with van der Waals surface area (Å²) in [6.45, 7) is 3.26. The van der Waals surface area contributed by atoms with Crippen molar-refractivity contribution in [1.82, 2.24) is 5.32 Å². The number of aryl methyl sites for hydroxylation is 1. The molecular formula is C15H21N3O5. The average Bonchev–Trinajstić information content (AvgIpc) is 3.02. The standard InChI is InChI=1S/C15H21N3O5/c1-10-6-13(18(20)21)14(22-2)7-12(10)17-15(19)9-16-8-11-4-3-5-23-11/h6-7,11,16H,3-5,8-9H2,1-2H3,(H,17,19)/t11-/m1/s1. The molecule has 1 aliphatic heterocycles. The van der Waals surface area contributed by atoms with Crippen LogP contribution in [0.25, 0.3) is 0 Å². The summed E-state index contributed by atoms with van der Waals surface area (Å²) >= 11 is 0. The van der Waals surface area contributed by atoms with Gasteiger partial charge >= 0.3 is 5.69 Å².